The molecule has 0 aliphatic heterocycles. The summed E-state index contributed by atoms with van der Waals surface area (Å²) in [6.07, 6.45) is 0. The van der Waals surface area contributed by atoms with Gasteiger partial charge >= 0.3 is 12.1 Å². The van der Waals surface area contributed by atoms with E-state index in [-0.39, 0.29) is 6.67 Å². The predicted octanol–water partition coefficient (Wildman–Crippen LogP) is 2.11. The average molecular weight is 284 g/mol. The number of hydrogen-bond donors (Lipinski definition) is 2. The number of hydrogen-bond acceptors (Lipinski definition) is 2. The van der Waals surface area contributed by atoms with Crippen molar-refractivity contribution in [1.29, 1.82) is 0 Å². The minimum Gasteiger partial charge on any atom is -0.351 e. The molecule has 0 radical (unpaired) electrons. The third-order valence-electron chi connectivity index (χ3n) is 2.95. The number of nitrogens with two attached hydrogens (primary N) is 2. The van der Waals surface area contributed by atoms with Crippen LogP contribution in [-0.4, -0.2) is 18.7 Å². The summed E-state index contributed by atoms with van der Waals surface area (Å²) in [6.45, 7) is -0.0569. The van der Waals surface area contributed by atoms with Crippen molar-refractivity contribution in [3.8, 4) is 0 Å². The summed E-state index contributed by atoms with van der Waals surface area (Å²) in [5, 5.41) is 0. The van der Waals surface area contributed by atoms with Gasteiger partial charge in [0.2, 0.25) is 0 Å². The summed E-state index contributed by atoms with van der Waals surface area (Å²) in [6, 6.07) is 16.4. The van der Waals surface area contributed by atoms with Crippen LogP contribution in [0, 0.1) is 0 Å². The molecule has 2 aromatic rings. The van der Waals surface area contributed by atoms with E-state index in [1.807, 2.05) is 12.1 Å². The van der Waals surface area contributed by atoms with E-state index in [4.69, 9.17) is 11.5 Å². The second kappa shape index (κ2) is 6.42. The molecular formula is C15H16N4O2. The van der Waals surface area contributed by atoms with Gasteiger partial charge in [-0.1, -0.05) is 36.4 Å². The van der Waals surface area contributed by atoms with E-state index in [9.17, 15) is 9.59 Å². The van der Waals surface area contributed by atoms with Gasteiger partial charge in [-0.05, 0) is 24.3 Å². The van der Waals surface area contributed by atoms with Gasteiger partial charge in [-0.15, -0.1) is 0 Å². The molecule has 6 heteroatoms. The van der Waals surface area contributed by atoms with Crippen molar-refractivity contribution >= 4 is 23.4 Å². The Morgan fingerprint density at radius 2 is 1.05 bits per heavy atom. The second-order valence-corrected chi connectivity index (χ2v) is 4.35. The number of anilines is 2. The number of nitrogens with zero attached hydrogens (tertiary/aromatic N) is 2. The Balaban J connectivity index is 2.30. The van der Waals surface area contributed by atoms with Crippen LogP contribution in [0.15, 0.2) is 60.7 Å². The first kappa shape index (κ1) is 14.4. The van der Waals surface area contributed by atoms with E-state index in [0.717, 1.165) is 0 Å². The molecule has 0 heterocycles. The normalized spacial score (nSPS) is 9.90. The van der Waals surface area contributed by atoms with Crippen molar-refractivity contribution in [2.75, 3.05) is 16.5 Å². The highest BCUT2D eigenvalue weighted by Gasteiger charge is 2.20. The van der Waals surface area contributed by atoms with Gasteiger partial charge in [-0.3, -0.25) is 9.80 Å². The van der Waals surface area contributed by atoms with Crippen LogP contribution in [0.1, 0.15) is 0 Å². The Morgan fingerprint density at radius 3 is 1.33 bits per heavy atom. The number of amides is 4. The SMILES string of the molecule is NC(=O)N(CN(C(N)=O)c1ccccc1)c1ccccc1. The highest BCUT2D eigenvalue weighted by atomic mass is 16.2. The summed E-state index contributed by atoms with van der Waals surface area (Å²) < 4.78 is 0. The first-order valence-electron chi connectivity index (χ1n) is 6.33. The third kappa shape index (κ3) is 3.50. The van der Waals surface area contributed by atoms with E-state index < -0.39 is 12.1 Å². The van der Waals surface area contributed by atoms with Gasteiger partial charge in [0.15, 0.2) is 0 Å². The topological polar surface area (TPSA) is 92.7 Å². The van der Waals surface area contributed by atoms with Crippen molar-refractivity contribution in [3.05, 3.63) is 60.7 Å². The van der Waals surface area contributed by atoms with E-state index in [0.29, 0.717) is 11.4 Å². The summed E-state index contributed by atoms with van der Waals surface area (Å²) in [5.41, 5.74) is 12.0. The maximum atomic E-state index is 11.7. The van der Waals surface area contributed by atoms with E-state index >= 15 is 0 Å². The van der Waals surface area contributed by atoms with Crippen LogP contribution >= 0.6 is 0 Å². The number of primary amides is 2. The van der Waals surface area contributed by atoms with Crippen molar-refractivity contribution in [2.45, 2.75) is 0 Å². The van der Waals surface area contributed by atoms with Gasteiger partial charge < -0.3 is 11.5 Å². The molecule has 0 saturated heterocycles. The molecule has 4 amide bonds. The van der Waals surface area contributed by atoms with E-state index in [1.165, 1.54) is 9.80 Å². The zero-order valence-electron chi connectivity index (χ0n) is 11.3. The minimum absolute atomic E-state index is 0.0569. The molecule has 0 bridgehead atoms. The maximum Gasteiger partial charge on any atom is 0.320 e. The van der Waals surface area contributed by atoms with Crippen LogP contribution < -0.4 is 21.3 Å². The minimum atomic E-state index is -0.664. The van der Waals surface area contributed by atoms with Crippen LogP contribution in [0.4, 0.5) is 21.0 Å². The Kier molecular flexibility index (Phi) is 4.40. The lowest BCUT2D eigenvalue weighted by Crippen LogP contribution is -2.48. The number of para-hydroxylation sites is 2. The van der Waals surface area contributed by atoms with E-state index in [2.05, 4.69) is 0 Å². The van der Waals surface area contributed by atoms with Crippen LogP contribution in [0.25, 0.3) is 0 Å². The van der Waals surface area contributed by atoms with Crippen LogP contribution in [0.2, 0.25) is 0 Å². The summed E-state index contributed by atoms with van der Waals surface area (Å²) in [7, 11) is 0. The molecule has 0 fully saturated rings. The Labute approximate surface area is 122 Å². The molecule has 0 spiro atoms. The number of rotatable bonds is 4. The van der Waals surface area contributed by atoms with Gasteiger partial charge in [0.05, 0.1) is 0 Å². The molecule has 6 nitrogen and oxygen atoms in total. The molecule has 2 aromatic carbocycles. The predicted molar refractivity (Wildman–Crippen MR) is 81.9 cm³/mol. The Morgan fingerprint density at radius 1 is 0.714 bits per heavy atom. The van der Waals surface area contributed by atoms with Crippen LogP contribution in [0.5, 0.6) is 0 Å². The van der Waals surface area contributed by atoms with Crippen molar-refractivity contribution in [2.24, 2.45) is 11.5 Å². The number of carbonyl (C=O) groups excluding carboxylic acids is 2. The highest BCUT2D eigenvalue weighted by molar-refractivity contribution is 5.95. The lowest BCUT2D eigenvalue weighted by molar-refractivity contribution is 0.251. The number of benzene rings is 2. The molecule has 0 atom stereocenters. The zero-order valence-corrected chi connectivity index (χ0v) is 11.3. The number of carbonyl (C=O) groups is 2. The number of urea groups is 2. The van der Waals surface area contributed by atoms with Crippen LogP contribution in [0.3, 0.4) is 0 Å². The monoisotopic (exact) mass is 284 g/mol. The second-order valence-electron chi connectivity index (χ2n) is 4.35. The molecule has 21 heavy (non-hydrogen) atoms. The zero-order chi connectivity index (χ0) is 15.2. The van der Waals surface area contributed by atoms with Gasteiger partial charge in [0.1, 0.15) is 6.67 Å². The molecule has 0 aliphatic carbocycles. The largest absolute Gasteiger partial charge is 0.351 e. The fraction of sp³-hybridized carbons (Fsp3) is 0.0667. The smallest absolute Gasteiger partial charge is 0.320 e. The van der Waals surface area contributed by atoms with Gasteiger partial charge in [0, 0.05) is 11.4 Å². The first-order valence-corrected chi connectivity index (χ1v) is 6.33. The molecule has 0 saturated carbocycles. The highest BCUT2D eigenvalue weighted by Crippen LogP contribution is 2.18. The van der Waals surface area contributed by atoms with Crippen molar-refractivity contribution in [1.82, 2.24) is 0 Å². The molecule has 108 valence electrons. The lowest BCUT2D eigenvalue weighted by atomic mass is 10.3. The van der Waals surface area contributed by atoms with Gasteiger partial charge in [-0.2, -0.15) is 0 Å². The Bertz CT molecular complexity index is 561. The van der Waals surface area contributed by atoms with Gasteiger partial charge in [-0.25, -0.2) is 9.59 Å². The fourth-order valence-corrected chi connectivity index (χ4v) is 1.91. The molecule has 0 unspecified atom stereocenters. The Hall–Kier alpha value is -3.02. The maximum absolute atomic E-state index is 11.7. The fourth-order valence-electron chi connectivity index (χ4n) is 1.91. The molecular weight excluding hydrogens is 268 g/mol. The van der Waals surface area contributed by atoms with E-state index in [1.54, 1.807) is 48.5 Å². The van der Waals surface area contributed by atoms with Gasteiger partial charge in [0.25, 0.3) is 0 Å². The first-order chi connectivity index (χ1) is 10.1. The average Bonchev–Trinajstić information content (AvgIpc) is 2.49. The summed E-state index contributed by atoms with van der Waals surface area (Å²) >= 11 is 0. The van der Waals surface area contributed by atoms with Crippen LogP contribution in [-0.2, 0) is 0 Å². The van der Waals surface area contributed by atoms with Crippen molar-refractivity contribution < 1.29 is 9.59 Å². The lowest BCUT2D eigenvalue weighted by Gasteiger charge is -2.28. The van der Waals surface area contributed by atoms with Crippen molar-refractivity contribution in [3.63, 3.8) is 0 Å². The quantitative estimate of drug-likeness (QED) is 0.841. The molecule has 4 N–H and O–H groups in total. The molecule has 2 rings (SSSR count). The summed E-state index contributed by atoms with van der Waals surface area (Å²) in [4.78, 5) is 25.9. The summed E-state index contributed by atoms with van der Waals surface area (Å²) in [5.74, 6) is 0. The third-order valence-corrected chi connectivity index (χ3v) is 2.95. The standard InChI is InChI=1S/C15H16N4O2/c16-14(20)18(12-7-3-1-4-8-12)11-19(15(17)21)13-9-5-2-6-10-13/h1-10H,11H2,(H2,16,20)(H2,17,21). The molecule has 0 aliphatic rings. The molecule has 0 aromatic heterocycles.